The predicted molar refractivity (Wildman–Crippen MR) is 285 cm³/mol. The minimum absolute atomic E-state index is 0.530. The maximum atomic E-state index is 7.59. The molecule has 1 heterocycles. The van der Waals surface area contributed by atoms with Crippen LogP contribution in [0, 0.1) is 0 Å². The van der Waals surface area contributed by atoms with Crippen molar-refractivity contribution < 1.29 is 9.47 Å². The lowest BCUT2D eigenvalue weighted by atomic mass is 9.86. The van der Waals surface area contributed by atoms with Gasteiger partial charge in [0.15, 0.2) is 0 Å². The summed E-state index contributed by atoms with van der Waals surface area (Å²) in [6.45, 7) is 1.06. The van der Waals surface area contributed by atoms with Crippen LogP contribution in [-0.2, 0) is 0 Å². The summed E-state index contributed by atoms with van der Waals surface area (Å²) in [7, 11) is -1.60. The number of ether oxygens (including phenoxy) is 2. The molecule has 2 atom stereocenters. The Morgan fingerprint density at radius 3 is 1.11 bits per heavy atom. The summed E-state index contributed by atoms with van der Waals surface area (Å²) in [5.41, 5.74) is 6.53. The van der Waals surface area contributed by atoms with Crippen molar-refractivity contribution in [3.63, 3.8) is 0 Å². The van der Waals surface area contributed by atoms with Gasteiger partial charge in [0.05, 0.1) is 13.2 Å². The van der Waals surface area contributed by atoms with Gasteiger partial charge in [-0.1, -0.05) is 206 Å². The quantitative estimate of drug-likeness (QED) is 0.164. The Morgan fingerprint density at radius 2 is 0.667 bits per heavy atom. The maximum Gasteiger partial charge on any atom is 0.135 e. The number of fused-ring (bicyclic) bond motifs is 10. The fraction of sp³-hybridized carbons (Fsp3) is 0.0645. The fourth-order valence-electron chi connectivity index (χ4n) is 9.99. The van der Waals surface area contributed by atoms with Crippen LogP contribution in [0.3, 0.4) is 0 Å². The Labute approximate surface area is 388 Å². The van der Waals surface area contributed by atoms with E-state index in [9.17, 15) is 0 Å². The molecule has 66 heavy (non-hydrogen) atoms. The highest BCUT2D eigenvalue weighted by Gasteiger charge is 2.29. The lowest BCUT2D eigenvalue weighted by Gasteiger charge is -2.29. The summed E-state index contributed by atoms with van der Waals surface area (Å²) < 4.78 is 15.2. The zero-order valence-corrected chi connectivity index (χ0v) is 38.3. The van der Waals surface area contributed by atoms with Crippen LogP contribution in [0.25, 0.3) is 76.5 Å². The van der Waals surface area contributed by atoms with E-state index < -0.39 is 15.8 Å². The largest absolute Gasteiger partial charge is 0.492 e. The second kappa shape index (κ2) is 17.7. The lowest BCUT2D eigenvalue weighted by molar-refractivity contribution is 0.341. The summed E-state index contributed by atoms with van der Waals surface area (Å²) in [5, 5.41) is 15.0. The van der Waals surface area contributed by atoms with E-state index >= 15 is 0 Å². The smallest absolute Gasteiger partial charge is 0.135 e. The molecular formula is C62H46O2P2. The van der Waals surface area contributed by atoms with Gasteiger partial charge in [-0.2, -0.15) is 0 Å². The van der Waals surface area contributed by atoms with Crippen LogP contribution in [0.5, 0.6) is 11.5 Å². The summed E-state index contributed by atoms with van der Waals surface area (Å²) >= 11 is 0. The van der Waals surface area contributed by atoms with Gasteiger partial charge in [-0.25, -0.2) is 0 Å². The molecule has 0 spiro atoms. The molecule has 12 rings (SSSR count). The van der Waals surface area contributed by atoms with Crippen LogP contribution < -0.4 is 30.7 Å². The Kier molecular flexibility index (Phi) is 10.9. The summed E-state index contributed by atoms with van der Waals surface area (Å²) in [6, 6.07) is 84.8. The molecule has 11 aromatic rings. The van der Waals surface area contributed by atoms with E-state index in [4.69, 9.17) is 9.47 Å². The SMILES string of the molecule is c1ccc(P2CCOc3c(-c4ccc5ccccc5c4)cc4ccccc4c3-c3c(c(-c4ccc5ccccc5c4)cc4ccccc34)OCCP(c3ccccc3)c3ccccc32)cc1. The molecule has 0 radical (unpaired) electrons. The van der Waals surface area contributed by atoms with Crippen molar-refractivity contribution in [2.75, 3.05) is 25.5 Å². The molecule has 1 aliphatic heterocycles. The Morgan fingerprint density at radius 1 is 0.303 bits per heavy atom. The van der Waals surface area contributed by atoms with Gasteiger partial charge in [0.25, 0.3) is 0 Å². The molecule has 4 heteroatoms. The Bertz CT molecular complexity index is 3330. The predicted octanol–water partition coefficient (Wildman–Crippen LogP) is 14.6. The summed E-state index contributed by atoms with van der Waals surface area (Å²) in [6.07, 6.45) is 1.72. The van der Waals surface area contributed by atoms with Crippen molar-refractivity contribution >= 4 is 80.2 Å². The highest BCUT2D eigenvalue weighted by Crippen LogP contribution is 2.53. The van der Waals surface area contributed by atoms with E-state index in [0.717, 1.165) is 78.7 Å². The number of benzene rings is 11. The monoisotopic (exact) mass is 884 g/mol. The van der Waals surface area contributed by atoms with Gasteiger partial charge in [-0.15, -0.1) is 0 Å². The van der Waals surface area contributed by atoms with Crippen LogP contribution in [0.2, 0.25) is 0 Å². The van der Waals surface area contributed by atoms with E-state index in [-0.39, 0.29) is 0 Å². The van der Waals surface area contributed by atoms with Gasteiger partial charge >= 0.3 is 0 Å². The molecular weight excluding hydrogens is 839 g/mol. The normalized spacial score (nSPS) is 15.3. The summed E-state index contributed by atoms with van der Waals surface area (Å²) in [5.74, 6) is 1.77. The molecule has 0 saturated heterocycles. The molecule has 2 nitrogen and oxygen atoms in total. The molecule has 316 valence electrons. The van der Waals surface area contributed by atoms with E-state index in [1.165, 1.54) is 42.8 Å². The standard InChI is InChI=1S/C62H46O2P2/c1-3-23-51(24-4-1)65-37-35-63-61-55(49-33-31-43-17-7-9-19-45(43)39-49)41-47-21-11-13-27-53(47)59(61)60-54-28-14-12-22-48(54)42-56(50-34-32-44-18-8-10-20-46(44)40-50)62(60)64-36-38-66(52-25-5-2-6-26-52)58-30-16-15-29-57(58)65/h1-34,39-42H,35-38H2. The fourth-order valence-corrected chi connectivity index (χ4v) is 15.1. The van der Waals surface area contributed by atoms with Gasteiger partial charge in [-0.3, -0.25) is 0 Å². The molecule has 0 bridgehead atoms. The third-order valence-corrected chi connectivity index (χ3v) is 18.3. The van der Waals surface area contributed by atoms with Gasteiger partial charge in [0, 0.05) is 34.6 Å². The molecule has 1 aliphatic rings. The molecule has 0 aliphatic carbocycles. The zero-order chi connectivity index (χ0) is 43.8. The van der Waals surface area contributed by atoms with Crippen LogP contribution in [-0.4, -0.2) is 25.5 Å². The van der Waals surface area contributed by atoms with Crippen molar-refractivity contribution in [3.8, 4) is 44.9 Å². The van der Waals surface area contributed by atoms with Gasteiger partial charge in [0.2, 0.25) is 0 Å². The van der Waals surface area contributed by atoms with Crippen LogP contribution in [0.4, 0.5) is 0 Å². The first-order valence-electron chi connectivity index (χ1n) is 22.9. The van der Waals surface area contributed by atoms with E-state index in [1.54, 1.807) is 0 Å². The Hall–Kier alpha value is -7.08. The molecule has 0 saturated carbocycles. The first-order chi connectivity index (χ1) is 32.7. The molecule has 0 N–H and O–H groups in total. The van der Waals surface area contributed by atoms with Crippen molar-refractivity contribution in [1.82, 2.24) is 0 Å². The number of hydrogen-bond acceptors (Lipinski definition) is 2. The molecule has 11 aromatic carbocycles. The minimum Gasteiger partial charge on any atom is -0.492 e. The average molecular weight is 885 g/mol. The van der Waals surface area contributed by atoms with Crippen molar-refractivity contribution in [1.29, 1.82) is 0 Å². The first-order valence-corrected chi connectivity index (χ1v) is 25.9. The number of hydrogen-bond donors (Lipinski definition) is 0. The van der Waals surface area contributed by atoms with E-state index in [1.807, 2.05) is 0 Å². The molecule has 0 fully saturated rings. The average Bonchev–Trinajstić information content (AvgIpc) is 3.38. The topological polar surface area (TPSA) is 18.5 Å². The van der Waals surface area contributed by atoms with Crippen molar-refractivity contribution in [2.24, 2.45) is 0 Å². The second-order valence-electron chi connectivity index (χ2n) is 17.0. The van der Waals surface area contributed by atoms with Gasteiger partial charge in [0.1, 0.15) is 11.5 Å². The van der Waals surface area contributed by atoms with E-state index in [2.05, 4.69) is 231 Å². The minimum atomic E-state index is -0.800. The highest BCUT2D eigenvalue weighted by atomic mass is 31.1. The number of rotatable bonds is 4. The van der Waals surface area contributed by atoms with Crippen LogP contribution >= 0.6 is 15.8 Å². The molecule has 2 unspecified atom stereocenters. The third kappa shape index (κ3) is 7.51. The second-order valence-corrected chi connectivity index (χ2v) is 21.6. The Balaban J connectivity index is 1.17. The lowest BCUT2D eigenvalue weighted by Crippen LogP contribution is -2.31. The van der Waals surface area contributed by atoms with Gasteiger partial charge < -0.3 is 9.47 Å². The first kappa shape index (κ1) is 40.4. The zero-order valence-electron chi connectivity index (χ0n) is 36.5. The van der Waals surface area contributed by atoms with Crippen molar-refractivity contribution in [2.45, 2.75) is 0 Å². The summed E-state index contributed by atoms with van der Waals surface area (Å²) in [4.78, 5) is 0. The third-order valence-electron chi connectivity index (χ3n) is 13.1. The van der Waals surface area contributed by atoms with Crippen molar-refractivity contribution in [3.05, 3.63) is 231 Å². The highest BCUT2D eigenvalue weighted by molar-refractivity contribution is 7.79. The molecule has 0 aromatic heterocycles. The molecule has 0 amide bonds. The van der Waals surface area contributed by atoms with Gasteiger partial charge in [-0.05, 0) is 116 Å². The maximum absolute atomic E-state index is 7.59. The van der Waals surface area contributed by atoms with Crippen LogP contribution in [0.1, 0.15) is 0 Å². The van der Waals surface area contributed by atoms with Crippen LogP contribution in [0.15, 0.2) is 231 Å². The van der Waals surface area contributed by atoms with E-state index in [0.29, 0.717) is 13.2 Å².